The van der Waals surface area contributed by atoms with Crippen LogP contribution in [0.2, 0.25) is 11.6 Å². The second kappa shape index (κ2) is 11.9. The minimum absolute atomic E-state index is 0.00460. The highest BCUT2D eigenvalue weighted by atomic mass is 28.2. The number of hydrogen-bond donors (Lipinski definition) is 0. The average molecular weight is 304 g/mol. The third-order valence-corrected chi connectivity index (χ3v) is 3.69. The molecule has 0 aromatic carbocycles. The molecule has 0 heterocycles. The van der Waals surface area contributed by atoms with E-state index in [1.807, 2.05) is 13.8 Å². The predicted molar refractivity (Wildman–Crippen MR) is 74.6 cm³/mol. The fraction of sp³-hybridized carbons (Fsp3) is 0.846. The fourth-order valence-corrected chi connectivity index (χ4v) is 2.63. The number of esters is 2. The van der Waals surface area contributed by atoms with Crippen LogP contribution in [0, 0.1) is 0 Å². The molecule has 116 valence electrons. The Morgan fingerprint density at radius 2 is 1.30 bits per heavy atom. The van der Waals surface area contributed by atoms with Crippen LogP contribution in [0.1, 0.15) is 27.7 Å². The molecule has 0 unspecified atom stereocenters. The summed E-state index contributed by atoms with van der Waals surface area (Å²) in [5, 5.41) is 0. The van der Waals surface area contributed by atoms with Crippen molar-refractivity contribution in [3.05, 3.63) is 0 Å². The van der Waals surface area contributed by atoms with Crippen molar-refractivity contribution in [2.75, 3.05) is 26.4 Å². The van der Waals surface area contributed by atoms with Crippen LogP contribution >= 0.6 is 0 Å². The molecule has 0 saturated heterocycles. The Morgan fingerprint density at radius 1 is 0.850 bits per heavy atom. The molecular weight excluding hydrogens is 280 g/mol. The van der Waals surface area contributed by atoms with Crippen molar-refractivity contribution >= 4 is 21.5 Å². The molecule has 0 aromatic heterocycles. The summed E-state index contributed by atoms with van der Waals surface area (Å²) in [7, 11) is 0.00460. The van der Waals surface area contributed by atoms with Crippen LogP contribution in [0.3, 0.4) is 0 Å². The van der Waals surface area contributed by atoms with Gasteiger partial charge in [0.2, 0.25) is 0 Å². The largest absolute Gasteiger partial charge is 0.466 e. The lowest BCUT2D eigenvalue weighted by Crippen LogP contribution is -2.30. The maximum Gasteiger partial charge on any atom is 0.316 e. The zero-order valence-corrected chi connectivity index (χ0v) is 13.6. The fourth-order valence-electron chi connectivity index (χ4n) is 1.47. The zero-order valence-electron chi connectivity index (χ0n) is 12.6. The first-order valence-corrected chi connectivity index (χ1v) is 8.18. The van der Waals surface area contributed by atoms with E-state index in [1.165, 1.54) is 0 Å². The number of carbonyl (C=O) groups excluding carboxylic acids is 2. The number of ether oxygens (including phenoxy) is 4. The minimum Gasteiger partial charge on any atom is -0.466 e. The summed E-state index contributed by atoms with van der Waals surface area (Å²) in [6, 6.07) is 0.462. The SMILES string of the molecule is CCOC(=O)C([Si]CC(OCC)OCC)C(=O)OCC. The lowest BCUT2D eigenvalue weighted by molar-refractivity contribution is -0.154. The van der Waals surface area contributed by atoms with Gasteiger partial charge in [-0.15, -0.1) is 0 Å². The third-order valence-electron chi connectivity index (χ3n) is 2.24. The van der Waals surface area contributed by atoms with Gasteiger partial charge in [0, 0.05) is 13.2 Å². The summed E-state index contributed by atoms with van der Waals surface area (Å²) < 4.78 is 20.6. The highest BCUT2D eigenvalue weighted by molar-refractivity contribution is 6.50. The number of carbonyl (C=O) groups is 2. The van der Waals surface area contributed by atoms with Gasteiger partial charge in [0.25, 0.3) is 0 Å². The second-order valence-electron chi connectivity index (χ2n) is 3.69. The van der Waals surface area contributed by atoms with Crippen molar-refractivity contribution in [2.24, 2.45) is 0 Å². The zero-order chi connectivity index (χ0) is 15.4. The Bertz CT molecular complexity index is 260. The minimum atomic E-state index is -0.890. The molecule has 0 aliphatic rings. The van der Waals surface area contributed by atoms with Crippen LogP contribution < -0.4 is 0 Å². The van der Waals surface area contributed by atoms with Gasteiger partial charge >= 0.3 is 11.9 Å². The van der Waals surface area contributed by atoms with E-state index in [0.29, 0.717) is 19.3 Å². The molecule has 0 spiro atoms. The Labute approximate surface area is 122 Å². The standard InChI is InChI=1S/C13H24O6Si/c1-5-16-10(17-6-2)9-20-11(12(14)18-7-3)13(15)19-8-4/h10-11H,5-9H2,1-4H3. The van der Waals surface area contributed by atoms with E-state index < -0.39 is 23.8 Å². The molecule has 0 amide bonds. The van der Waals surface area contributed by atoms with Gasteiger partial charge in [-0.1, -0.05) is 0 Å². The molecule has 6 nitrogen and oxygen atoms in total. The second-order valence-corrected chi connectivity index (χ2v) is 5.08. The van der Waals surface area contributed by atoms with Crippen LogP contribution in [0.5, 0.6) is 0 Å². The van der Waals surface area contributed by atoms with Crippen LogP contribution in [0.4, 0.5) is 0 Å². The van der Waals surface area contributed by atoms with Gasteiger partial charge in [-0.25, -0.2) is 0 Å². The van der Waals surface area contributed by atoms with Crippen LogP contribution in [-0.2, 0) is 28.5 Å². The maximum absolute atomic E-state index is 11.8. The molecule has 0 aliphatic heterocycles. The molecule has 0 fully saturated rings. The van der Waals surface area contributed by atoms with E-state index in [1.54, 1.807) is 13.8 Å². The summed E-state index contributed by atoms with van der Waals surface area (Å²) in [4.78, 5) is 23.6. The molecule has 7 heteroatoms. The quantitative estimate of drug-likeness (QED) is 0.249. The smallest absolute Gasteiger partial charge is 0.316 e. The molecule has 0 bridgehead atoms. The number of hydrogen-bond acceptors (Lipinski definition) is 6. The van der Waals surface area contributed by atoms with Gasteiger partial charge in [-0.2, -0.15) is 0 Å². The van der Waals surface area contributed by atoms with E-state index in [9.17, 15) is 9.59 Å². The van der Waals surface area contributed by atoms with Gasteiger partial charge in [-0.05, 0) is 33.7 Å². The molecule has 2 radical (unpaired) electrons. The van der Waals surface area contributed by atoms with Crippen molar-refractivity contribution in [1.82, 2.24) is 0 Å². The van der Waals surface area contributed by atoms with E-state index in [2.05, 4.69) is 0 Å². The summed E-state index contributed by atoms with van der Waals surface area (Å²) in [6.45, 7) is 8.63. The Balaban J connectivity index is 4.53. The lowest BCUT2D eigenvalue weighted by Gasteiger charge is -2.19. The van der Waals surface area contributed by atoms with Crippen LogP contribution in [-0.4, -0.2) is 54.2 Å². The first kappa shape index (κ1) is 19.1. The van der Waals surface area contributed by atoms with Crippen molar-refractivity contribution in [3.8, 4) is 0 Å². The predicted octanol–water partition coefficient (Wildman–Crippen LogP) is 1.42. The van der Waals surface area contributed by atoms with E-state index in [4.69, 9.17) is 18.9 Å². The van der Waals surface area contributed by atoms with Gasteiger partial charge in [-0.3, -0.25) is 9.59 Å². The Morgan fingerprint density at radius 3 is 1.65 bits per heavy atom. The van der Waals surface area contributed by atoms with Gasteiger partial charge in [0.05, 0.1) is 22.7 Å². The average Bonchev–Trinajstić information content (AvgIpc) is 2.40. The molecule has 0 rings (SSSR count). The van der Waals surface area contributed by atoms with E-state index in [0.717, 1.165) is 0 Å². The topological polar surface area (TPSA) is 71.1 Å². The summed E-state index contributed by atoms with van der Waals surface area (Å²) >= 11 is 0. The first-order valence-electron chi connectivity index (χ1n) is 6.90. The highest BCUT2D eigenvalue weighted by Crippen LogP contribution is 2.14. The summed E-state index contributed by atoms with van der Waals surface area (Å²) in [5.41, 5.74) is -0.890. The first-order chi connectivity index (χ1) is 9.60. The maximum atomic E-state index is 11.8. The van der Waals surface area contributed by atoms with Crippen molar-refractivity contribution in [2.45, 2.75) is 45.6 Å². The monoisotopic (exact) mass is 304 g/mol. The molecule has 0 aliphatic carbocycles. The summed E-state index contributed by atoms with van der Waals surface area (Å²) in [6.07, 6.45) is -0.408. The molecule has 0 aromatic rings. The number of rotatable bonds is 11. The molecule has 0 atom stereocenters. The van der Waals surface area contributed by atoms with Gasteiger partial charge in [0.1, 0.15) is 5.54 Å². The van der Waals surface area contributed by atoms with Gasteiger partial charge < -0.3 is 18.9 Å². The normalized spacial score (nSPS) is 10.9. The van der Waals surface area contributed by atoms with Crippen molar-refractivity contribution in [3.63, 3.8) is 0 Å². The van der Waals surface area contributed by atoms with Crippen molar-refractivity contribution in [1.29, 1.82) is 0 Å². The molecule has 0 N–H and O–H groups in total. The van der Waals surface area contributed by atoms with Crippen LogP contribution in [0.15, 0.2) is 0 Å². The lowest BCUT2D eigenvalue weighted by atomic mass is 10.4. The molecule has 20 heavy (non-hydrogen) atoms. The van der Waals surface area contributed by atoms with E-state index in [-0.39, 0.29) is 22.7 Å². The van der Waals surface area contributed by atoms with Gasteiger partial charge in [0.15, 0.2) is 6.29 Å². The van der Waals surface area contributed by atoms with Crippen molar-refractivity contribution < 1.29 is 28.5 Å². The molecular formula is C13H24O6Si. The molecule has 0 saturated carbocycles. The highest BCUT2D eigenvalue weighted by Gasteiger charge is 2.30. The third kappa shape index (κ3) is 7.61. The Kier molecular flexibility index (Phi) is 11.3. The van der Waals surface area contributed by atoms with Crippen LogP contribution in [0.25, 0.3) is 0 Å². The summed E-state index contributed by atoms with van der Waals surface area (Å²) in [5.74, 6) is -1.09. The van der Waals surface area contributed by atoms with E-state index >= 15 is 0 Å². The Hall–Kier alpha value is -0.923.